The average Bonchev–Trinajstić information content (AvgIpc) is 2.63. The Labute approximate surface area is 172 Å². The number of ether oxygens (including phenoxy) is 2. The minimum atomic E-state index is -0.146. The van der Waals surface area contributed by atoms with Crippen LogP contribution in [-0.2, 0) is 5.41 Å². The second-order valence-corrected chi connectivity index (χ2v) is 10.2. The van der Waals surface area contributed by atoms with E-state index in [9.17, 15) is 0 Å². The highest BCUT2D eigenvalue weighted by molar-refractivity contribution is 5.54. The van der Waals surface area contributed by atoms with Crippen molar-refractivity contribution in [1.82, 2.24) is 0 Å². The first-order valence-corrected chi connectivity index (χ1v) is 11.3. The minimum Gasteiger partial charge on any atom is -0.496 e. The van der Waals surface area contributed by atoms with Crippen molar-refractivity contribution in [3.05, 3.63) is 35.4 Å². The van der Waals surface area contributed by atoms with E-state index in [-0.39, 0.29) is 11.0 Å². The van der Waals surface area contributed by atoms with E-state index in [4.69, 9.17) is 9.47 Å². The van der Waals surface area contributed by atoms with Gasteiger partial charge >= 0.3 is 0 Å². The van der Waals surface area contributed by atoms with E-state index in [1.165, 1.54) is 48.8 Å². The molecule has 0 saturated heterocycles. The maximum atomic E-state index is 6.64. The Bertz CT molecular complexity index is 713. The SMILES string of the molecule is C=C1CCC2C(C1)c1c(OC)cc(C(C)(C)CCCCCC)cc1OC2(C)C. The number of hydrogen-bond acceptors (Lipinski definition) is 2. The molecule has 2 heteroatoms. The Hall–Kier alpha value is -1.44. The lowest BCUT2D eigenvalue weighted by atomic mass is 9.65. The highest BCUT2D eigenvalue weighted by atomic mass is 16.5. The molecular formula is C26H40O2. The first-order chi connectivity index (χ1) is 13.2. The molecule has 0 aromatic heterocycles. The number of benzene rings is 1. The van der Waals surface area contributed by atoms with Gasteiger partial charge in [-0.2, -0.15) is 0 Å². The van der Waals surface area contributed by atoms with Gasteiger partial charge in [0.05, 0.1) is 7.11 Å². The van der Waals surface area contributed by atoms with Crippen LogP contribution < -0.4 is 9.47 Å². The van der Waals surface area contributed by atoms with E-state index < -0.39 is 0 Å². The van der Waals surface area contributed by atoms with E-state index in [1.54, 1.807) is 7.11 Å². The number of methoxy groups -OCH3 is 1. The third-order valence-electron chi connectivity index (χ3n) is 7.20. The number of rotatable bonds is 7. The molecule has 0 spiro atoms. The zero-order valence-electron chi connectivity index (χ0n) is 19.0. The molecule has 0 bridgehead atoms. The van der Waals surface area contributed by atoms with Crippen LogP contribution in [0.4, 0.5) is 0 Å². The predicted octanol–water partition coefficient (Wildman–Crippen LogP) is 7.55. The van der Waals surface area contributed by atoms with Gasteiger partial charge in [-0.15, -0.1) is 0 Å². The fourth-order valence-electron chi connectivity index (χ4n) is 5.36. The van der Waals surface area contributed by atoms with Gasteiger partial charge in [-0.05, 0) is 62.6 Å². The third-order valence-corrected chi connectivity index (χ3v) is 7.20. The molecule has 156 valence electrons. The Kier molecular flexibility index (Phi) is 6.17. The average molecular weight is 385 g/mol. The lowest BCUT2D eigenvalue weighted by Crippen LogP contribution is -2.46. The summed E-state index contributed by atoms with van der Waals surface area (Å²) in [7, 11) is 1.81. The van der Waals surface area contributed by atoms with E-state index in [1.807, 2.05) is 0 Å². The van der Waals surface area contributed by atoms with Gasteiger partial charge in [-0.3, -0.25) is 0 Å². The van der Waals surface area contributed by atoms with Gasteiger partial charge < -0.3 is 9.47 Å². The molecule has 2 atom stereocenters. The predicted molar refractivity (Wildman–Crippen MR) is 119 cm³/mol. The largest absolute Gasteiger partial charge is 0.496 e. The Morgan fingerprint density at radius 2 is 1.96 bits per heavy atom. The fourth-order valence-corrected chi connectivity index (χ4v) is 5.36. The molecule has 2 unspecified atom stereocenters. The normalized spacial score (nSPS) is 23.6. The quantitative estimate of drug-likeness (QED) is 0.357. The number of fused-ring (bicyclic) bond motifs is 3. The van der Waals surface area contributed by atoms with Crippen LogP contribution in [0.5, 0.6) is 11.5 Å². The van der Waals surface area contributed by atoms with Crippen molar-refractivity contribution in [2.75, 3.05) is 7.11 Å². The molecule has 0 amide bonds. The minimum absolute atomic E-state index is 0.122. The second kappa shape index (κ2) is 8.13. The summed E-state index contributed by atoms with van der Waals surface area (Å²) in [6.07, 6.45) is 9.73. The summed E-state index contributed by atoms with van der Waals surface area (Å²) >= 11 is 0. The molecule has 3 rings (SSSR count). The van der Waals surface area contributed by atoms with E-state index in [0.29, 0.717) is 11.8 Å². The lowest BCUT2D eigenvalue weighted by molar-refractivity contribution is -0.000989. The maximum Gasteiger partial charge on any atom is 0.127 e. The van der Waals surface area contributed by atoms with Crippen molar-refractivity contribution in [2.24, 2.45) is 5.92 Å². The zero-order chi connectivity index (χ0) is 20.5. The topological polar surface area (TPSA) is 18.5 Å². The van der Waals surface area contributed by atoms with Crippen LogP contribution in [0.25, 0.3) is 0 Å². The van der Waals surface area contributed by atoms with E-state index in [0.717, 1.165) is 30.8 Å². The Morgan fingerprint density at radius 1 is 1.21 bits per heavy atom. The van der Waals surface area contributed by atoms with Gasteiger partial charge in [0.2, 0.25) is 0 Å². The molecule has 2 nitrogen and oxygen atoms in total. The molecule has 1 heterocycles. The van der Waals surface area contributed by atoms with Crippen molar-refractivity contribution in [3.63, 3.8) is 0 Å². The van der Waals surface area contributed by atoms with Gasteiger partial charge in [0.15, 0.2) is 0 Å². The van der Waals surface area contributed by atoms with Crippen molar-refractivity contribution >= 4 is 0 Å². The molecule has 1 aromatic rings. The molecule has 28 heavy (non-hydrogen) atoms. The monoisotopic (exact) mass is 384 g/mol. The molecule has 0 radical (unpaired) electrons. The molecule has 1 saturated carbocycles. The van der Waals surface area contributed by atoms with Crippen LogP contribution in [0.2, 0.25) is 0 Å². The van der Waals surface area contributed by atoms with Crippen LogP contribution in [0, 0.1) is 5.92 Å². The molecule has 2 aliphatic rings. The second-order valence-electron chi connectivity index (χ2n) is 10.2. The summed E-state index contributed by atoms with van der Waals surface area (Å²) < 4.78 is 12.6. The highest BCUT2D eigenvalue weighted by Gasteiger charge is 2.47. The van der Waals surface area contributed by atoms with Crippen molar-refractivity contribution in [1.29, 1.82) is 0 Å². The van der Waals surface area contributed by atoms with Crippen LogP contribution in [0.1, 0.15) is 103 Å². The van der Waals surface area contributed by atoms with Crippen LogP contribution in [0.15, 0.2) is 24.3 Å². The standard InChI is InChI=1S/C26H40O2/c1-8-9-10-11-14-25(3,4)19-16-22(27-7)24-20-15-18(2)12-13-21(20)26(5,6)28-23(24)17-19/h16-17,20-21H,2,8-15H2,1,3-7H3. The molecule has 1 aromatic carbocycles. The van der Waals surface area contributed by atoms with Gasteiger partial charge in [0.1, 0.15) is 17.1 Å². The summed E-state index contributed by atoms with van der Waals surface area (Å²) in [4.78, 5) is 0. The van der Waals surface area contributed by atoms with Crippen molar-refractivity contribution in [2.45, 2.75) is 103 Å². The molecule has 1 aliphatic heterocycles. The number of unbranched alkanes of at least 4 members (excludes halogenated alkanes) is 3. The summed E-state index contributed by atoms with van der Waals surface area (Å²) in [5.74, 6) is 3.02. The fraction of sp³-hybridized carbons (Fsp3) is 0.692. The summed E-state index contributed by atoms with van der Waals surface area (Å²) in [5.41, 5.74) is 3.96. The summed E-state index contributed by atoms with van der Waals surface area (Å²) in [6, 6.07) is 4.60. The summed E-state index contributed by atoms with van der Waals surface area (Å²) in [5, 5.41) is 0. The molecule has 1 fully saturated rings. The number of hydrogen-bond donors (Lipinski definition) is 0. The molecule has 1 aliphatic carbocycles. The van der Waals surface area contributed by atoms with Crippen LogP contribution in [0.3, 0.4) is 0 Å². The van der Waals surface area contributed by atoms with Crippen LogP contribution >= 0.6 is 0 Å². The van der Waals surface area contributed by atoms with E-state index >= 15 is 0 Å². The van der Waals surface area contributed by atoms with Crippen molar-refractivity contribution < 1.29 is 9.47 Å². The summed E-state index contributed by atoms with van der Waals surface area (Å²) in [6.45, 7) is 15.8. The maximum absolute atomic E-state index is 6.64. The molecule has 0 N–H and O–H groups in total. The van der Waals surface area contributed by atoms with Gasteiger partial charge in [-0.1, -0.05) is 58.6 Å². The first kappa shape index (κ1) is 21.3. The lowest BCUT2D eigenvalue weighted by Gasteiger charge is -2.48. The Balaban J connectivity index is 1.97. The molecular weight excluding hydrogens is 344 g/mol. The van der Waals surface area contributed by atoms with E-state index in [2.05, 4.69) is 53.3 Å². The first-order valence-electron chi connectivity index (χ1n) is 11.3. The zero-order valence-corrected chi connectivity index (χ0v) is 19.0. The highest BCUT2D eigenvalue weighted by Crippen LogP contribution is 2.56. The van der Waals surface area contributed by atoms with Gasteiger partial charge in [0.25, 0.3) is 0 Å². The third kappa shape index (κ3) is 4.11. The van der Waals surface area contributed by atoms with Gasteiger partial charge in [0, 0.05) is 17.4 Å². The van der Waals surface area contributed by atoms with Crippen LogP contribution in [-0.4, -0.2) is 12.7 Å². The Morgan fingerprint density at radius 3 is 2.64 bits per heavy atom. The smallest absolute Gasteiger partial charge is 0.127 e. The van der Waals surface area contributed by atoms with Crippen molar-refractivity contribution in [3.8, 4) is 11.5 Å². The van der Waals surface area contributed by atoms with Gasteiger partial charge in [-0.25, -0.2) is 0 Å². The number of allylic oxidation sites excluding steroid dienone is 1.